The van der Waals surface area contributed by atoms with E-state index >= 15 is 0 Å². The van der Waals surface area contributed by atoms with Crippen molar-refractivity contribution in [3.63, 3.8) is 0 Å². The highest BCUT2D eigenvalue weighted by Gasteiger charge is 2.13. The zero-order valence-electron chi connectivity index (χ0n) is 23.7. The Morgan fingerprint density at radius 2 is 0.545 bits per heavy atom. The first-order valence-electron chi connectivity index (χ1n) is 15.0. The summed E-state index contributed by atoms with van der Waals surface area (Å²) in [7, 11) is 0. The van der Waals surface area contributed by atoms with Gasteiger partial charge in [-0.2, -0.15) is 0 Å². The van der Waals surface area contributed by atoms with Crippen LogP contribution < -0.4 is 0 Å². The van der Waals surface area contributed by atoms with E-state index in [1.54, 1.807) is 0 Å². The van der Waals surface area contributed by atoms with Gasteiger partial charge in [0.1, 0.15) is 0 Å². The van der Waals surface area contributed by atoms with Crippen molar-refractivity contribution >= 4 is 95.3 Å². The van der Waals surface area contributed by atoms with Crippen molar-refractivity contribution in [3.8, 4) is 22.3 Å². The van der Waals surface area contributed by atoms with Gasteiger partial charge in [0.2, 0.25) is 0 Å². The van der Waals surface area contributed by atoms with Crippen LogP contribution in [0.15, 0.2) is 146 Å². The highest BCUT2D eigenvalue weighted by atomic mass is 32.1. The molecule has 2 heteroatoms. The van der Waals surface area contributed by atoms with E-state index in [1.165, 1.54) is 94.9 Å². The van der Waals surface area contributed by atoms with E-state index in [1.807, 2.05) is 22.7 Å². The molecule has 0 saturated heterocycles. The van der Waals surface area contributed by atoms with Crippen molar-refractivity contribution in [3.05, 3.63) is 146 Å². The molecule has 8 aromatic carbocycles. The molecular weight excluding hydrogens is 569 g/mol. The lowest BCUT2D eigenvalue weighted by molar-refractivity contribution is 1.69. The van der Waals surface area contributed by atoms with Crippen LogP contribution in [-0.4, -0.2) is 0 Å². The van der Waals surface area contributed by atoms with Gasteiger partial charge < -0.3 is 0 Å². The summed E-state index contributed by atoms with van der Waals surface area (Å²) < 4.78 is 5.37. The first kappa shape index (κ1) is 24.4. The van der Waals surface area contributed by atoms with Crippen LogP contribution in [0, 0.1) is 0 Å². The molecule has 0 aliphatic carbocycles. The molecular formula is C42H24S2. The minimum Gasteiger partial charge on any atom is -0.135 e. The Morgan fingerprint density at radius 1 is 0.227 bits per heavy atom. The molecule has 0 fully saturated rings. The maximum atomic E-state index is 2.42. The number of benzene rings is 8. The summed E-state index contributed by atoms with van der Waals surface area (Å²) in [5.74, 6) is 0. The smallest absolute Gasteiger partial charge is 0.0355 e. The van der Waals surface area contributed by atoms with E-state index in [0.717, 1.165) is 0 Å². The molecule has 10 aromatic rings. The summed E-state index contributed by atoms with van der Waals surface area (Å²) in [5.41, 5.74) is 5.02. The SMILES string of the molecule is c1ccc2c(c1)sc1ccc(-c3ccc4c5ccccc5c5ccc(-c6ccc7sc8ccccc8c7c6)cc5c4c3)cc12. The molecule has 0 unspecified atom stereocenters. The molecule has 0 nitrogen and oxygen atoms in total. The van der Waals surface area contributed by atoms with Crippen molar-refractivity contribution < 1.29 is 0 Å². The number of hydrogen-bond acceptors (Lipinski definition) is 2. The second-order valence-corrected chi connectivity index (χ2v) is 13.9. The van der Waals surface area contributed by atoms with E-state index in [9.17, 15) is 0 Å². The van der Waals surface area contributed by atoms with Crippen LogP contribution in [0.5, 0.6) is 0 Å². The molecule has 2 aromatic heterocycles. The Hall–Kier alpha value is -5.02. The molecule has 0 N–H and O–H groups in total. The topological polar surface area (TPSA) is 0 Å². The fourth-order valence-corrected chi connectivity index (χ4v) is 9.30. The summed E-state index contributed by atoms with van der Waals surface area (Å²) in [5, 5.41) is 13.2. The summed E-state index contributed by atoms with van der Waals surface area (Å²) in [4.78, 5) is 0. The van der Waals surface area contributed by atoms with Crippen LogP contribution in [0.2, 0.25) is 0 Å². The number of hydrogen-bond donors (Lipinski definition) is 0. The van der Waals surface area contributed by atoms with Gasteiger partial charge in [0.15, 0.2) is 0 Å². The fourth-order valence-electron chi connectivity index (χ4n) is 7.13. The highest BCUT2D eigenvalue weighted by Crippen LogP contribution is 2.42. The van der Waals surface area contributed by atoms with Gasteiger partial charge in [0.25, 0.3) is 0 Å². The van der Waals surface area contributed by atoms with E-state index in [2.05, 4.69) is 146 Å². The maximum absolute atomic E-state index is 2.42. The largest absolute Gasteiger partial charge is 0.135 e. The van der Waals surface area contributed by atoms with Crippen molar-refractivity contribution in [1.29, 1.82) is 0 Å². The zero-order chi connectivity index (χ0) is 28.8. The highest BCUT2D eigenvalue weighted by molar-refractivity contribution is 7.26. The summed E-state index contributed by atoms with van der Waals surface area (Å²) in [6.07, 6.45) is 0. The van der Waals surface area contributed by atoms with E-state index in [-0.39, 0.29) is 0 Å². The lowest BCUT2D eigenvalue weighted by atomic mass is 9.90. The normalized spacial score (nSPS) is 12.1. The van der Waals surface area contributed by atoms with Crippen LogP contribution in [0.3, 0.4) is 0 Å². The van der Waals surface area contributed by atoms with Crippen molar-refractivity contribution in [1.82, 2.24) is 0 Å². The number of rotatable bonds is 2. The molecule has 0 radical (unpaired) electrons. The van der Waals surface area contributed by atoms with Gasteiger partial charge >= 0.3 is 0 Å². The Balaban J connectivity index is 1.22. The minimum absolute atomic E-state index is 1.25. The molecule has 44 heavy (non-hydrogen) atoms. The molecule has 204 valence electrons. The zero-order valence-corrected chi connectivity index (χ0v) is 25.3. The van der Waals surface area contributed by atoms with Gasteiger partial charge in [-0.25, -0.2) is 0 Å². The Morgan fingerprint density at radius 3 is 1.00 bits per heavy atom. The molecule has 0 spiro atoms. The van der Waals surface area contributed by atoms with Gasteiger partial charge in [-0.15, -0.1) is 22.7 Å². The first-order valence-corrected chi connectivity index (χ1v) is 16.6. The second kappa shape index (κ2) is 9.24. The third kappa shape index (κ3) is 3.56. The molecule has 10 rings (SSSR count). The standard InChI is InChI=1S/C42H24S2/c1-2-8-30-29(7-1)31-17-13-25(27-15-19-41-37(23-27)33-9-3-5-11-39(33)43-41)21-35(31)36-22-26(14-18-32(30)36)28-16-20-42-38(24-28)34-10-4-6-12-40(34)44-42/h1-24H. The Bertz CT molecular complexity index is 2580. The minimum atomic E-state index is 1.25. The van der Waals surface area contributed by atoms with Crippen molar-refractivity contribution in [2.24, 2.45) is 0 Å². The fraction of sp³-hybridized carbons (Fsp3) is 0. The van der Waals surface area contributed by atoms with Crippen LogP contribution in [0.1, 0.15) is 0 Å². The lowest BCUT2D eigenvalue weighted by Crippen LogP contribution is -1.86. The Kier molecular flexibility index (Phi) is 5.13. The average molecular weight is 593 g/mol. The predicted molar refractivity (Wildman–Crippen MR) is 196 cm³/mol. The quantitative estimate of drug-likeness (QED) is 0.175. The average Bonchev–Trinajstić information content (AvgIpc) is 3.65. The van der Waals surface area contributed by atoms with Crippen LogP contribution in [-0.2, 0) is 0 Å². The van der Waals surface area contributed by atoms with Gasteiger partial charge in [0.05, 0.1) is 0 Å². The molecule has 0 bridgehead atoms. The Labute approximate surface area is 262 Å². The van der Waals surface area contributed by atoms with Crippen LogP contribution in [0.25, 0.3) is 94.9 Å². The van der Waals surface area contributed by atoms with Gasteiger partial charge in [-0.1, -0.05) is 97.1 Å². The molecule has 0 saturated carbocycles. The first-order chi connectivity index (χ1) is 21.8. The maximum Gasteiger partial charge on any atom is 0.0355 e. The molecule has 0 aliphatic heterocycles. The van der Waals surface area contributed by atoms with Crippen molar-refractivity contribution in [2.45, 2.75) is 0 Å². The van der Waals surface area contributed by atoms with Gasteiger partial charge in [-0.05, 0) is 103 Å². The van der Waals surface area contributed by atoms with E-state index in [4.69, 9.17) is 0 Å². The number of thiophene rings is 2. The second-order valence-electron chi connectivity index (χ2n) is 11.7. The third-order valence-corrected chi connectivity index (χ3v) is 11.6. The summed E-state index contributed by atoms with van der Waals surface area (Å²) in [6, 6.07) is 54.4. The molecule has 0 atom stereocenters. The summed E-state index contributed by atoms with van der Waals surface area (Å²) >= 11 is 3.75. The monoisotopic (exact) mass is 592 g/mol. The van der Waals surface area contributed by atoms with Gasteiger partial charge in [0, 0.05) is 40.3 Å². The van der Waals surface area contributed by atoms with Crippen molar-refractivity contribution in [2.75, 3.05) is 0 Å². The third-order valence-electron chi connectivity index (χ3n) is 9.26. The van der Waals surface area contributed by atoms with Gasteiger partial charge in [-0.3, -0.25) is 0 Å². The number of fused-ring (bicyclic) bond motifs is 12. The molecule has 0 aliphatic rings. The molecule has 0 amide bonds. The summed E-state index contributed by atoms with van der Waals surface area (Å²) in [6.45, 7) is 0. The lowest BCUT2D eigenvalue weighted by Gasteiger charge is -2.14. The van der Waals surface area contributed by atoms with Crippen LogP contribution >= 0.6 is 22.7 Å². The molecule has 2 heterocycles. The van der Waals surface area contributed by atoms with E-state index in [0.29, 0.717) is 0 Å². The van der Waals surface area contributed by atoms with E-state index < -0.39 is 0 Å². The predicted octanol–water partition coefficient (Wildman–Crippen LogP) is 13.2. The van der Waals surface area contributed by atoms with Crippen LogP contribution in [0.4, 0.5) is 0 Å².